The molecule has 3 rings (SSSR count). The first-order chi connectivity index (χ1) is 12.2. The maximum absolute atomic E-state index is 12.5. The molecule has 7 nitrogen and oxygen atoms in total. The molecule has 0 atom stereocenters. The topological polar surface area (TPSA) is 107 Å². The number of carbonyl (C=O) groups is 2. The summed E-state index contributed by atoms with van der Waals surface area (Å²) in [6.07, 6.45) is 1.69. The van der Waals surface area contributed by atoms with Crippen molar-refractivity contribution in [2.45, 2.75) is 26.4 Å². The van der Waals surface area contributed by atoms with Crippen molar-refractivity contribution in [2.75, 3.05) is 5.73 Å². The van der Waals surface area contributed by atoms with Crippen LogP contribution in [-0.4, -0.2) is 32.0 Å². The van der Waals surface area contributed by atoms with Crippen LogP contribution in [0.15, 0.2) is 42.6 Å². The summed E-state index contributed by atoms with van der Waals surface area (Å²) < 4.78 is 7.01. The normalized spacial score (nSPS) is 11.5. The molecule has 0 spiro atoms. The van der Waals surface area contributed by atoms with Gasteiger partial charge in [-0.25, -0.2) is 14.6 Å². The molecule has 0 saturated heterocycles. The molecule has 0 bridgehead atoms. The number of rotatable bonds is 3. The Hall–Kier alpha value is -3.35. The van der Waals surface area contributed by atoms with Crippen molar-refractivity contribution in [3.05, 3.63) is 53.7 Å². The lowest BCUT2D eigenvalue weighted by Gasteiger charge is -2.19. The number of benzene rings is 1. The Morgan fingerprint density at radius 3 is 2.58 bits per heavy atom. The molecule has 26 heavy (non-hydrogen) atoms. The number of hydrogen-bond acceptors (Lipinski definition) is 5. The number of carboxylic acid groups (broad SMARTS) is 1. The number of nitrogens with zero attached hydrogens (tertiary/aromatic N) is 2. The number of esters is 1. The van der Waals surface area contributed by atoms with E-state index in [-0.39, 0.29) is 11.1 Å². The van der Waals surface area contributed by atoms with Crippen LogP contribution in [0.2, 0.25) is 0 Å². The summed E-state index contributed by atoms with van der Waals surface area (Å²) in [6, 6.07) is 9.63. The van der Waals surface area contributed by atoms with Gasteiger partial charge in [-0.15, -0.1) is 0 Å². The summed E-state index contributed by atoms with van der Waals surface area (Å²) in [6.45, 7) is 5.36. The van der Waals surface area contributed by atoms with Gasteiger partial charge >= 0.3 is 11.9 Å². The van der Waals surface area contributed by atoms with Gasteiger partial charge in [0, 0.05) is 11.8 Å². The van der Waals surface area contributed by atoms with Crippen LogP contribution in [0.4, 0.5) is 5.82 Å². The van der Waals surface area contributed by atoms with Crippen LogP contribution in [0.3, 0.4) is 0 Å². The third-order valence-corrected chi connectivity index (χ3v) is 3.69. The molecule has 7 heteroatoms. The predicted octanol–water partition coefficient (Wildman–Crippen LogP) is 3.24. The van der Waals surface area contributed by atoms with Gasteiger partial charge in [0.1, 0.15) is 22.7 Å². The lowest BCUT2D eigenvalue weighted by Crippen LogP contribution is -2.24. The van der Waals surface area contributed by atoms with Crippen molar-refractivity contribution < 1.29 is 19.4 Å². The molecule has 0 radical (unpaired) electrons. The summed E-state index contributed by atoms with van der Waals surface area (Å²) in [4.78, 5) is 28.2. The fourth-order valence-corrected chi connectivity index (χ4v) is 2.59. The van der Waals surface area contributed by atoms with Crippen LogP contribution < -0.4 is 5.73 Å². The zero-order chi connectivity index (χ0) is 19.1. The monoisotopic (exact) mass is 353 g/mol. The fourth-order valence-electron chi connectivity index (χ4n) is 2.59. The molecule has 0 aliphatic heterocycles. The zero-order valence-corrected chi connectivity index (χ0v) is 14.7. The summed E-state index contributed by atoms with van der Waals surface area (Å²) in [7, 11) is 0. The van der Waals surface area contributed by atoms with E-state index in [1.54, 1.807) is 55.6 Å². The largest absolute Gasteiger partial charge is 0.478 e. The molecule has 0 aliphatic rings. The SMILES string of the molecule is CC(C)(C)OC(=O)c1cccn2c(N)c(-c3cccc(C(=O)O)c3)nc12. The Morgan fingerprint density at radius 1 is 1.19 bits per heavy atom. The third-order valence-electron chi connectivity index (χ3n) is 3.69. The van der Waals surface area contributed by atoms with Gasteiger partial charge in [0.05, 0.1) is 5.56 Å². The average molecular weight is 353 g/mol. The number of carboxylic acids is 1. The smallest absolute Gasteiger partial charge is 0.342 e. The number of imidazole rings is 1. The van der Waals surface area contributed by atoms with E-state index in [0.29, 0.717) is 22.7 Å². The molecule has 3 aromatic rings. The van der Waals surface area contributed by atoms with Crippen LogP contribution >= 0.6 is 0 Å². The van der Waals surface area contributed by atoms with Crippen molar-refractivity contribution in [1.82, 2.24) is 9.38 Å². The molecule has 0 saturated carbocycles. The summed E-state index contributed by atoms with van der Waals surface area (Å²) >= 11 is 0. The standard InChI is InChI=1S/C19H19N3O4/c1-19(2,3)26-18(25)13-8-5-9-22-15(20)14(21-16(13)22)11-6-4-7-12(10-11)17(23)24/h4-10H,20H2,1-3H3,(H,23,24). The van der Waals surface area contributed by atoms with E-state index in [4.69, 9.17) is 10.5 Å². The summed E-state index contributed by atoms with van der Waals surface area (Å²) in [5.41, 5.74) is 7.29. The van der Waals surface area contributed by atoms with Gasteiger partial charge in [0.2, 0.25) is 0 Å². The van der Waals surface area contributed by atoms with Crippen molar-refractivity contribution >= 4 is 23.4 Å². The highest BCUT2D eigenvalue weighted by Crippen LogP contribution is 2.29. The van der Waals surface area contributed by atoms with Gasteiger partial charge in [0.25, 0.3) is 0 Å². The van der Waals surface area contributed by atoms with Crippen molar-refractivity contribution in [3.63, 3.8) is 0 Å². The summed E-state index contributed by atoms with van der Waals surface area (Å²) in [5, 5.41) is 9.17. The highest BCUT2D eigenvalue weighted by atomic mass is 16.6. The second kappa shape index (κ2) is 6.18. The zero-order valence-electron chi connectivity index (χ0n) is 14.7. The number of nitrogens with two attached hydrogens (primary N) is 1. The van der Waals surface area contributed by atoms with E-state index in [1.807, 2.05) is 0 Å². The molecule has 0 aliphatic carbocycles. The van der Waals surface area contributed by atoms with E-state index in [0.717, 1.165) is 0 Å². The Bertz CT molecular complexity index is 1020. The van der Waals surface area contributed by atoms with Crippen molar-refractivity contribution in [1.29, 1.82) is 0 Å². The fraction of sp³-hybridized carbons (Fsp3) is 0.211. The molecule has 0 amide bonds. The first-order valence-corrected chi connectivity index (χ1v) is 8.01. The van der Waals surface area contributed by atoms with E-state index in [1.165, 1.54) is 12.1 Å². The van der Waals surface area contributed by atoms with Crippen LogP contribution in [0.5, 0.6) is 0 Å². The quantitative estimate of drug-likeness (QED) is 0.700. The predicted molar refractivity (Wildman–Crippen MR) is 97.2 cm³/mol. The number of ether oxygens (including phenoxy) is 1. The first-order valence-electron chi connectivity index (χ1n) is 8.01. The number of pyridine rings is 1. The highest BCUT2D eigenvalue weighted by Gasteiger charge is 2.23. The van der Waals surface area contributed by atoms with E-state index >= 15 is 0 Å². The number of carbonyl (C=O) groups excluding carboxylic acids is 1. The van der Waals surface area contributed by atoms with Crippen LogP contribution in [0.1, 0.15) is 41.5 Å². The number of aromatic nitrogens is 2. The summed E-state index contributed by atoms with van der Waals surface area (Å²) in [5.74, 6) is -1.23. The van der Waals surface area contributed by atoms with Crippen molar-refractivity contribution in [2.24, 2.45) is 0 Å². The Balaban J connectivity index is 2.14. The molecule has 0 unspecified atom stereocenters. The number of fused-ring (bicyclic) bond motifs is 1. The Kier molecular flexibility index (Phi) is 4.15. The molecule has 0 fully saturated rings. The van der Waals surface area contributed by atoms with Gasteiger partial charge in [-0.2, -0.15) is 0 Å². The van der Waals surface area contributed by atoms with E-state index < -0.39 is 17.5 Å². The van der Waals surface area contributed by atoms with Crippen LogP contribution in [-0.2, 0) is 4.74 Å². The third kappa shape index (κ3) is 3.23. The lowest BCUT2D eigenvalue weighted by molar-refractivity contribution is 0.00710. The second-order valence-corrected chi connectivity index (χ2v) is 6.85. The maximum Gasteiger partial charge on any atom is 0.342 e. The minimum absolute atomic E-state index is 0.131. The van der Waals surface area contributed by atoms with Gasteiger partial charge in [0.15, 0.2) is 5.65 Å². The van der Waals surface area contributed by atoms with Gasteiger partial charge in [-0.1, -0.05) is 12.1 Å². The van der Waals surface area contributed by atoms with Crippen molar-refractivity contribution in [3.8, 4) is 11.3 Å². The maximum atomic E-state index is 12.5. The molecule has 1 aromatic carbocycles. The van der Waals surface area contributed by atoms with E-state index in [9.17, 15) is 14.7 Å². The van der Waals surface area contributed by atoms with Gasteiger partial charge < -0.3 is 15.6 Å². The molecule has 134 valence electrons. The number of hydrogen-bond donors (Lipinski definition) is 2. The molecule has 2 heterocycles. The highest BCUT2D eigenvalue weighted by molar-refractivity contribution is 5.97. The molecule has 3 N–H and O–H groups in total. The first kappa shape index (κ1) is 17.5. The molecule has 2 aromatic heterocycles. The second-order valence-electron chi connectivity index (χ2n) is 6.85. The minimum Gasteiger partial charge on any atom is -0.478 e. The minimum atomic E-state index is -1.04. The average Bonchev–Trinajstić information content (AvgIpc) is 2.90. The van der Waals surface area contributed by atoms with Crippen LogP contribution in [0.25, 0.3) is 16.9 Å². The van der Waals surface area contributed by atoms with Gasteiger partial charge in [-0.05, 0) is 45.0 Å². The number of anilines is 1. The Labute approximate surface area is 150 Å². The number of nitrogen functional groups attached to an aromatic ring is 1. The molecular weight excluding hydrogens is 334 g/mol. The van der Waals surface area contributed by atoms with E-state index in [2.05, 4.69) is 4.98 Å². The molecular formula is C19H19N3O4. The lowest BCUT2D eigenvalue weighted by atomic mass is 10.1. The van der Waals surface area contributed by atoms with Crippen LogP contribution in [0, 0.1) is 0 Å². The Morgan fingerprint density at radius 2 is 1.92 bits per heavy atom. The van der Waals surface area contributed by atoms with Gasteiger partial charge in [-0.3, -0.25) is 4.40 Å². The number of aromatic carboxylic acids is 1.